The van der Waals surface area contributed by atoms with Crippen LogP contribution < -0.4 is 19.9 Å². The molecule has 1 aliphatic heterocycles. The van der Waals surface area contributed by atoms with Crippen LogP contribution in [-0.4, -0.2) is 18.9 Å². The highest BCUT2D eigenvalue weighted by molar-refractivity contribution is 6.31. The minimum absolute atomic E-state index is 0.0133. The second kappa shape index (κ2) is 8.71. The number of amides is 2. The molecular weight excluding hydrogens is 399 g/mol. The third-order valence-electron chi connectivity index (χ3n) is 4.69. The standard InChI is InChI=1S/C24H19FN2O4/c1-30-22-14-16(10-11-21(22)31-15-17-6-5-7-18(25)12-17)13-20-23(28)26-27(24(20)29)19-8-3-2-4-9-19/h2-14H,15H2,1H3,(H,26,28). The van der Waals surface area contributed by atoms with Gasteiger partial charge in [-0.05, 0) is 53.6 Å². The van der Waals surface area contributed by atoms with Gasteiger partial charge in [0.05, 0.1) is 12.8 Å². The van der Waals surface area contributed by atoms with Gasteiger partial charge < -0.3 is 9.47 Å². The Balaban J connectivity index is 1.54. The Labute approximate surface area is 178 Å². The molecule has 1 fully saturated rings. The average molecular weight is 418 g/mol. The quantitative estimate of drug-likeness (QED) is 0.487. The first kappa shape index (κ1) is 20.2. The molecule has 156 valence electrons. The highest BCUT2D eigenvalue weighted by atomic mass is 19.1. The van der Waals surface area contributed by atoms with Gasteiger partial charge in [-0.1, -0.05) is 36.4 Å². The van der Waals surface area contributed by atoms with Crippen LogP contribution in [0.4, 0.5) is 10.1 Å². The molecule has 3 aromatic rings. The smallest absolute Gasteiger partial charge is 0.282 e. The van der Waals surface area contributed by atoms with Crippen molar-refractivity contribution >= 4 is 23.6 Å². The van der Waals surface area contributed by atoms with Crippen LogP contribution in [0.15, 0.2) is 78.4 Å². The lowest BCUT2D eigenvalue weighted by molar-refractivity contribution is -0.117. The number of carbonyl (C=O) groups is 2. The van der Waals surface area contributed by atoms with Crippen LogP contribution in [-0.2, 0) is 16.2 Å². The topological polar surface area (TPSA) is 67.9 Å². The molecule has 3 aromatic carbocycles. The van der Waals surface area contributed by atoms with Crippen LogP contribution in [0.25, 0.3) is 6.08 Å². The maximum Gasteiger partial charge on any atom is 0.282 e. The number of ether oxygens (including phenoxy) is 2. The van der Waals surface area contributed by atoms with E-state index in [1.807, 2.05) is 6.07 Å². The van der Waals surface area contributed by atoms with E-state index in [0.717, 1.165) is 0 Å². The number of methoxy groups -OCH3 is 1. The molecule has 1 heterocycles. The summed E-state index contributed by atoms with van der Waals surface area (Å²) in [5.74, 6) is -0.376. The third kappa shape index (κ3) is 4.40. The number of nitrogens with zero attached hydrogens (tertiary/aromatic N) is 1. The van der Waals surface area contributed by atoms with Crippen molar-refractivity contribution in [1.29, 1.82) is 0 Å². The van der Waals surface area contributed by atoms with Gasteiger partial charge in [-0.15, -0.1) is 0 Å². The number of halogens is 1. The molecule has 0 saturated carbocycles. The van der Waals surface area contributed by atoms with E-state index in [0.29, 0.717) is 28.3 Å². The van der Waals surface area contributed by atoms with Crippen LogP contribution >= 0.6 is 0 Å². The largest absolute Gasteiger partial charge is 0.493 e. The van der Waals surface area contributed by atoms with Gasteiger partial charge in [0.25, 0.3) is 11.8 Å². The van der Waals surface area contributed by atoms with Crippen LogP contribution in [0.3, 0.4) is 0 Å². The number of benzene rings is 3. The van der Waals surface area contributed by atoms with E-state index in [1.165, 1.54) is 30.3 Å². The lowest BCUT2D eigenvalue weighted by Crippen LogP contribution is -2.35. The highest BCUT2D eigenvalue weighted by Crippen LogP contribution is 2.30. The van der Waals surface area contributed by atoms with Crippen LogP contribution in [0, 0.1) is 5.82 Å². The molecule has 0 bridgehead atoms. The fraction of sp³-hybridized carbons (Fsp3) is 0.0833. The lowest BCUT2D eigenvalue weighted by atomic mass is 10.1. The summed E-state index contributed by atoms with van der Waals surface area (Å²) in [6.07, 6.45) is 1.50. The predicted octanol–water partition coefficient (Wildman–Crippen LogP) is 3.87. The molecule has 4 rings (SSSR count). The number of hydrazine groups is 1. The summed E-state index contributed by atoms with van der Waals surface area (Å²) in [6.45, 7) is 0.168. The first-order valence-corrected chi connectivity index (χ1v) is 9.52. The first-order chi connectivity index (χ1) is 15.0. The van der Waals surface area contributed by atoms with E-state index in [2.05, 4.69) is 5.43 Å². The fourth-order valence-electron chi connectivity index (χ4n) is 3.16. The van der Waals surface area contributed by atoms with Crippen molar-refractivity contribution in [1.82, 2.24) is 5.43 Å². The number of hydrogen-bond donors (Lipinski definition) is 1. The van der Waals surface area contributed by atoms with Crippen molar-refractivity contribution < 1.29 is 23.5 Å². The van der Waals surface area contributed by atoms with Crippen LogP contribution in [0.5, 0.6) is 11.5 Å². The van der Waals surface area contributed by atoms with Gasteiger partial charge in [0.2, 0.25) is 0 Å². The number of nitrogens with one attached hydrogen (secondary N) is 1. The minimum atomic E-state index is -0.487. The lowest BCUT2D eigenvalue weighted by Gasteiger charge is -2.14. The van der Waals surface area contributed by atoms with E-state index < -0.39 is 11.8 Å². The molecule has 1 saturated heterocycles. The van der Waals surface area contributed by atoms with E-state index in [9.17, 15) is 14.0 Å². The molecule has 0 unspecified atom stereocenters. The molecule has 6 nitrogen and oxygen atoms in total. The molecule has 1 N–H and O–H groups in total. The van der Waals surface area contributed by atoms with E-state index in [1.54, 1.807) is 54.6 Å². The maximum atomic E-state index is 13.3. The Morgan fingerprint density at radius 1 is 0.968 bits per heavy atom. The Hall–Kier alpha value is -4.13. The van der Waals surface area contributed by atoms with Gasteiger partial charge in [-0.3, -0.25) is 15.0 Å². The molecule has 2 amide bonds. The molecule has 0 aromatic heterocycles. The summed E-state index contributed by atoms with van der Waals surface area (Å²) in [5, 5.41) is 1.21. The zero-order valence-electron chi connectivity index (χ0n) is 16.7. The average Bonchev–Trinajstić information content (AvgIpc) is 3.07. The maximum absolute atomic E-state index is 13.3. The Bertz CT molecular complexity index is 1160. The monoisotopic (exact) mass is 418 g/mol. The van der Waals surface area contributed by atoms with E-state index in [4.69, 9.17) is 9.47 Å². The Kier molecular flexibility index (Phi) is 5.66. The summed E-state index contributed by atoms with van der Waals surface area (Å²) >= 11 is 0. The van der Waals surface area contributed by atoms with Crippen molar-refractivity contribution in [3.05, 3.63) is 95.3 Å². The molecule has 31 heavy (non-hydrogen) atoms. The summed E-state index contributed by atoms with van der Waals surface area (Å²) in [4.78, 5) is 25.1. The highest BCUT2D eigenvalue weighted by Gasteiger charge is 2.34. The van der Waals surface area contributed by atoms with Crippen molar-refractivity contribution in [2.45, 2.75) is 6.61 Å². The van der Waals surface area contributed by atoms with Gasteiger partial charge in [0.1, 0.15) is 18.0 Å². The second-order valence-corrected chi connectivity index (χ2v) is 6.80. The van der Waals surface area contributed by atoms with Crippen molar-refractivity contribution in [3.63, 3.8) is 0 Å². The number of hydrogen-bond acceptors (Lipinski definition) is 4. The molecule has 0 aliphatic carbocycles. The molecule has 1 aliphatic rings. The number of para-hydroxylation sites is 1. The van der Waals surface area contributed by atoms with Crippen LogP contribution in [0.2, 0.25) is 0 Å². The van der Waals surface area contributed by atoms with Gasteiger partial charge in [0.15, 0.2) is 11.5 Å². The SMILES string of the molecule is COc1cc(C=C2C(=O)NN(c3ccccc3)C2=O)ccc1OCc1cccc(F)c1. The fourth-order valence-corrected chi connectivity index (χ4v) is 3.16. The molecule has 0 atom stereocenters. The Morgan fingerprint density at radius 3 is 2.52 bits per heavy atom. The van der Waals surface area contributed by atoms with Gasteiger partial charge in [0, 0.05) is 0 Å². The van der Waals surface area contributed by atoms with Crippen molar-refractivity contribution in [3.8, 4) is 11.5 Å². The molecule has 0 radical (unpaired) electrons. The summed E-state index contributed by atoms with van der Waals surface area (Å²) in [6, 6.07) is 20.0. The zero-order chi connectivity index (χ0) is 21.8. The Morgan fingerprint density at radius 2 is 1.77 bits per heavy atom. The third-order valence-corrected chi connectivity index (χ3v) is 4.69. The molecule has 0 spiro atoms. The summed E-state index contributed by atoms with van der Waals surface area (Å²) < 4.78 is 24.5. The van der Waals surface area contributed by atoms with Crippen molar-refractivity contribution in [2.75, 3.05) is 12.1 Å². The second-order valence-electron chi connectivity index (χ2n) is 6.80. The molecule has 7 heteroatoms. The number of anilines is 1. The van der Waals surface area contributed by atoms with Crippen molar-refractivity contribution in [2.24, 2.45) is 0 Å². The van der Waals surface area contributed by atoms with E-state index in [-0.39, 0.29) is 18.0 Å². The van der Waals surface area contributed by atoms with Crippen LogP contribution in [0.1, 0.15) is 11.1 Å². The predicted molar refractivity (Wildman–Crippen MR) is 114 cm³/mol. The summed E-state index contributed by atoms with van der Waals surface area (Å²) in [7, 11) is 1.49. The number of rotatable bonds is 6. The van der Waals surface area contributed by atoms with Gasteiger partial charge >= 0.3 is 0 Å². The first-order valence-electron chi connectivity index (χ1n) is 9.52. The summed E-state index contributed by atoms with van der Waals surface area (Å²) in [5.41, 5.74) is 4.43. The van der Waals surface area contributed by atoms with Gasteiger partial charge in [-0.2, -0.15) is 0 Å². The minimum Gasteiger partial charge on any atom is -0.493 e. The zero-order valence-corrected chi connectivity index (χ0v) is 16.7. The van der Waals surface area contributed by atoms with Gasteiger partial charge in [-0.25, -0.2) is 9.40 Å². The molecular formula is C24H19FN2O4. The number of carbonyl (C=O) groups excluding carboxylic acids is 2. The normalized spacial score (nSPS) is 14.6. The van der Waals surface area contributed by atoms with E-state index >= 15 is 0 Å².